The summed E-state index contributed by atoms with van der Waals surface area (Å²) >= 11 is 1.60. The third kappa shape index (κ3) is 4.37. The first-order valence-corrected chi connectivity index (χ1v) is 8.12. The molecule has 3 rings (SSSR count). The van der Waals surface area contributed by atoms with E-state index >= 15 is 0 Å². The number of amides is 1. The number of thiophene rings is 1. The van der Waals surface area contributed by atoms with E-state index in [1.165, 1.54) is 0 Å². The van der Waals surface area contributed by atoms with Gasteiger partial charge < -0.3 is 5.32 Å². The van der Waals surface area contributed by atoms with Crippen LogP contribution in [0.4, 0.5) is 0 Å². The molecule has 0 fully saturated rings. The summed E-state index contributed by atoms with van der Waals surface area (Å²) in [5.74, 6) is -0.0973. The lowest BCUT2D eigenvalue weighted by molar-refractivity contribution is -0.116. The Kier molecular flexibility index (Phi) is 4.95. The standard InChI is InChI=1S/C17H16N4OS/c22-17(4-3-15-2-1-13-23-15)19-10-12-21-11-7-16(20-21)14-5-8-18-9-6-14/h1-9,11,13H,10,12H2,(H,19,22)/b4-3+. The van der Waals surface area contributed by atoms with Gasteiger partial charge in [-0.1, -0.05) is 6.07 Å². The number of aromatic nitrogens is 3. The fraction of sp³-hybridized carbons (Fsp3) is 0.118. The zero-order valence-corrected chi connectivity index (χ0v) is 13.2. The fourth-order valence-electron chi connectivity index (χ4n) is 2.06. The molecule has 0 bridgehead atoms. The first-order valence-electron chi connectivity index (χ1n) is 7.24. The molecule has 0 aromatic carbocycles. The Balaban J connectivity index is 1.48. The highest BCUT2D eigenvalue weighted by Crippen LogP contribution is 2.14. The van der Waals surface area contributed by atoms with Gasteiger partial charge in [-0.05, 0) is 35.7 Å². The van der Waals surface area contributed by atoms with Gasteiger partial charge in [0.05, 0.1) is 12.2 Å². The number of nitrogens with one attached hydrogen (secondary N) is 1. The summed E-state index contributed by atoms with van der Waals surface area (Å²) < 4.78 is 1.82. The van der Waals surface area contributed by atoms with Crippen LogP contribution in [0, 0.1) is 0 Å². The number of hydrogen-bond acceptors (Lipinski definition) is 4. The van der Waals surface area contributed by atoms with E-state index < -0.39 is 0 Å². The molecule has 0 radical (unpaired) electrons. The van der Waals surface area contributed by atoms with Crippen LogP contribution in [0.5, 0.6) is 0 Å². The molecule has 0 saturated carbocycles. The molecule has 1 amide bonds. The number of pyridine rings is 1. The van der Waals surface area contributed by atoms with Crippen LogP contribution in [-0.2, 0) is 11.3 Å². The second-order valence-corrected chi connectivity index (χ2v) is 5.82. The summed E-state index contributed by atoms with van der Waals surface area (Å²) in [5.41, 5.74) is 1.93. The maximum Gasteiger partial charge on any atom is 0.244 e. The Labute approximate surface area is 138 Å². The van der Waals surface area contributed by atoms with E-state index in [0.29, 0.717) is 13.1 Å². The van der Waals surface area contributed by atoms with Crippen molar-refractivity contribution in [2.24, 2.45) is 0 Å². The maximum atomic E-state index is 11.7. The third-order valence-electron chi connectivity index (χ3n) is 3.20. The van der Waals surface area contributed by atoms with Gasteiger partial charge in [-0.2, -0.15) is 5.10 Å². The number of carbonyl (C=O) groups is 1. The number of hydrogen-bond donors (Lipinski definition) is 1. The Bertz CT molecular complexity index is 778. The van der Waals surface area contributed by atoms with Gasteiger partial charge >= 0.3 is 0 Å². The first-order chi connectivity index (χ1) is 11.3. The molecular weight excluding hydrogens is 308 g/mol. The molecule has 0 aliphatic heterocycles. The molecule has 1 N–H and O–H groups in total. The summed E-state index contributed by atoms with van der Waals surface area (Å²) in [6.07, 6.45) is 8.76. The predicted molar refractivity (Wildman–Crippen MR) is 91.8 cm³/mol. The van der Waals surface area contributed by atoms with E-state index in [9.17, 15) is 4.79 Å². The van der Waals surface area contributed by atoms with Gasteiger partial charge in [0.15, 0.2) is 0 Å². The summed E-state index contributed by atoms with van der Waals surface area (Å²) in [4.78, 5) is 16.8. The molecular formula is C17H16N4OS. The van der Waals surface area contributed by atoms with E-state index in [1.54, 1.807) is 29.8 Å². The Hall–Kier alpha value is -2.73. The van der Waals surface area contributed by atoms with Gasteiger partial charge in [-0.3, -0.25) is 14.5 Å². The fourth-order valence-corrected chi connectivity index (χ4v) is 2.68. The molecule has 23 heavy (non-hydrogen) atoms. The van der Waals surface area contributed by atoms with E-state index in [1.807, 2.05) is 52.7 Å². The van der Waals surface area contributed by atoms with E-state index in [4.69, 9.17) is 0 Å². The number of carbonyl (C=O) groups excluding carboxylic acids is 1. The molecule has 116 valence electrons. The second-order valence-electron chi connectivity index (χ2n) is 4.84. The van der Waals surface area contributed by atoms with Crippen molar-refractivity contribution in [2.45, 2.75) is 6.54 Å². The monoisotopic (exact) mass is 324 g/mol. The average molecular weight is 324 g/mol. The van der Waals surface area contributed by atoms with Crippen molar-refractivity contribution in [3.63, 3.8) is 0 Å². The van der Waals surface area contributed by atoms with Gasteiger partial charge in [0, 0.05) is 41.7 Å². The zero-order valence-electron chi connectivity index (χ0n) is 12.4. The molecule has 0 aliphatic carbocycles. The molecule has 6 heteroatoms. The highest BCUT2D eigenvalue weighted by Gasteiger charge is 2.02. The lowest BCUT2D eigenvalue weighted by Gasteiger charge is -2.02. The molecule has 5 nitrogen and oxygen atoms in total. The van der Waals surface area contributed by atoms with Crippen LogP contribution in [0.1, 0.15) is 4.88 Å². The van der Waals surface area contributed by atoms with Crippen LogP contribution >= 0.6 is 11.3 Å². The van der Waals surface area contributed by atoms with Crippen LogP contribution in [-0.4, -0.2) is 27.2 Å². The lowest BCUT2D eigenvalue weighted by Crippen LogP contribution is -2.25. The molecule has 3 heterocycles. The summed E-state index contributed by atoms with van der Waals surface area (Å²) in [5, 5.41) is 9.32. The average Bonchev–Trinajstić information content (AvgIpc) is 3.26. The maximum absolute atomic E-state index is 11.7. The van der Waals surface area contributed by atoms with Gasteiger partial charge in [-0.15, -0.1) is 11.3 Å². The largest absolute Gasteiger partial charge is 0.351 e. The summed E-state index contributed by atoms with van der Waals surface area (Å²) in [6.45, 7) is 1.16. The van der Waals surface area contributed by atoms with Crippen molar-refractivity contribution in [1.82, 2.24) is 20.1 Å². The minimum absolute atomic E-state index is 0.0973. The van der Waals surface area contributed by atoms with Crippen molar-refractivity contribution < 1.29 is 4.79 Å². The molecule has 0 atom stereocenters. The van der Waals surface area contributed by atoms with Gasteiger partial charge in [0.2, 0.25) is 5.91 Å². The van der Waals surface area contributed by atoms with Crippen molar-refractivity contribution in [1.29, 1.82) is 0 Å². The Morgan fingerprint density at radius 2 is 2.13 bits per heavy atom. The van der Waals surface area contributed by atoms with Gasteiger partial charge in [0.1, 0.15) is 0 Å². The minimum atomic E-state index is -0.0973. The second kappa shape index (κ2) is 7.51. The highest BCUT2D eigenvalue weighted by molar-refractivity contribution is 7.10. The first kappa shape index (κ1) is 15.2. The van der Waals surface area contributed by atoms with Crippen molar-refractivity contribution in [3.8, 4) is 11.3 Å². The summed E-state index contributed by atoms with van der Waals surface area (Å²) in [7, 11) is 0. The van der Waals surface area contributed by atoms with Crippen molar-refractivity contribution in [3.05, 3.63) is 65.3 Å². The Morgan fingerprint density at radius 1 is 1.26 bits per heavy atom. The number of nitrogens with zero attached hydrogens (tertiary/aromatic N) is 3. The third-order valence-corrected chi connectivity index (χ3v) is 4.04. The van der Waals surface area contributed by atoms with E-state index in [-0.39, 0.29) is 5.91 Å². The zero-order chi connectivity index (χ0) is 15.9. The van der Waals surface area contributed by atoms with Gasteiger partial charge in [-0.25, -0.2) is 0 Å². The lowest BCUT2D eigenvalue weighted by atomic mass is 10.2. The Morgan fingerprint density at radius 3 is 2.91 bits per heavy atom. The summed E-state index contributed by atoms with van der Waals surface area (Å²) in [6, 6.07) is 9.72. The van der Waals surface area contributed by atoms with Crippen LogP contribution in [0.2, 0.25) is 0 Å². The molecule has 0 unspecified atom stereocenters. The molecule has 3 aromatic rings. The van der Waals surface area contributed by atoms with Gasteiger partial charge in [0.25, 0.3) is 0 Å². The topological polar surface area (TPSA) is 59.8 Å². The quantitative estimate of drug-likeness (QED) is 0.709. The van der Waals surface area contributed by atoms with Crippen molar-refractivity contribution in [2.75, 3.05) is 6.54 Å². The molecule has 3 aromatic heterocycles. The van der Waals surface area contributed by atoms with E-state index in [2.05, 4.69) is 15.4 Å². The van der Waals surface area contributed by atoms with Crippen LogP contribution in [0.3, 0.4) is 0 Å². The highest BCUT2D eigenvalue weighted by atomic mass is 32.1. The molecule has 0 saturated heterocycles. The smallest absolute Gasteiger partial charge is 0.244 e. The normalized spacial score (nSPS) is 11.0. The molecule has 0 aliphatic rings. The van der Waals surface area contributed by atoms with Crippen molar-refractivity contribution >= 4 is 23.3 Å². The van der Waals surface area contributed by atoms with E-state index in [0.717, 1.165) is 16.1 Å². The minimum Gasteiger partial charge on any atom is -0.351 e. The number of rotatable bonds is 6. The van der Waals surface area contributed by atoms with Crippen LogP contribution in [0.25, 0.3) is 17.3 Å². The SMILES string of the molecule is O=C(/C=C/c1cccs1)NCCn1ccc(-c2ccncc2)n1. The van der Waals surface area contributed by atoms with Crippen LogP contribution in [0.15, 0.2) is 60.4 Å². The predicted octanol–water partition coefficient (Wildman–Crippen LogP) is 2.84. The van der Waals surface area contributed by atoms with Crippen LogP contribution < -0.4 is 5.32 Å². The molecule has 0 spiro atoms.